The molecule has 1 fully saturated rings. The number of nitrogens with zero attached hydrogens (tertiary/aromatic N) is 5. The van der Waals surface area contributed by atoms with Crippen molar-refractivity contribution < 1.29 is 4.79 Å². The monoisotopic (exact) mass is 260 g/mol. The Hall–Kier alpha value is -2.18. The molecule has 1 amide bonds. The van der Waals surface area contributed by atoms with Crippen LogP contribution >= 0.6 is 0 Å². The number of rotatable bonds is 2. The number of H-pyrrole nitrogens is 1. The molecule has 19 heavy (non-hydrogen) atoms. The van der Waals surface area contributed by atoms with Gasteiger partial charge >= 0.3 is 0 Å². The van der Waals surface area contributed by atoms with Crippen LogP contribution in [0.4, 0.5) is 0 Å². The molecule has 1 saturated heterocycles. The molecule has 0 spiro atoms. The Morgan fingerprint density at radius 2 is 2.21 bits per heavy atom. The summed E-state index contributed by atoms with van der Waals surface area (Å²) in [6.45, 7) is 1.47. The largest absolute Gasteiger partial charge is 0.348 e. The number of carbonyl (C=O) groups is 1. The molecule has 0 unspecified atom stereocenters. The highest BCUT2D eigenvalue weighted by Gasteiger charge is 2.26. The zero-order valence-corrected chi connectivity index (χ0v) is 10.8. The molecule has 0 saturated carbocycles. The number of imidazole rings is 1. The summed E-state index contributed by atoms with van der Waals surface area (Å²) in [7, 11) is 1.76. The van der Waals surface area contributed by atoms with Crippen LogP contribution in [0.15, 0.2) is 18.6 Å². The molecule has 0 atom stereocenters. The smallest absolute Gasteiger partial charge is 0.276 e. The SMILES string of the molecule is Cn1cc(C(=O)N2CCC(c3ncc[nH]3)CC2)nn1. The molecule has 7 nitrogen and oxygen atoms in total. The number of piperidine rings is 1. The fourth-order valence-corrected chi connectivity index (χ4v) is 2.46. The van der Waals surface area contributed by atoms with Gasteiger partial charge in [-0.1, -0.05) is 5.21 Å². The van der Waals surface area contributed by atoms with E-state index < -0.39 is 0 Å². The van der Waals surface area contributed by atoms with Crippen LogP contribution in [0.1, 0.15) is 35.1 Å². The normalized spacial score (nSPS) is 16.8. The number of likely N-dealkylation sites (tertiary alicyclic amines) is 1. The Balaban J connectivity index is 1.62. The van der Waals surface area contributed by atoms with E-state index in [1.165, 1.54) is 0 Å². The zero-order chi connectivity index (χ0) is 13.2. The van der Waals surface area contributed by atoms with Gasteiger partial charge in [-0.15, -0.1) is 5.10 Å². The molecule has 0 radical (unpaired) electrons. The van der Waals surface area contributed by atoms with Crippen LogP contribution in [0.25, 0.3) is 0 Å². The minimum absolute atomic E-state index is 0.0361. The summed E-state index contributed by atoms with van der Waals surface area (Å²) >= 11 is 0. The van der Waals surface area contributed by atoms with Crippen molar-refractivity contribution in [3.8, 4) is 0 Å². The van der Waals surface area contributed by atoms with Gasteiger partial charge in [-0.05, 0) is 12.8 Å². The summed E-state index contributed by atoms with van der Waals surface area (Å²) in [6.07, 6.45) is 7.12. The second-order valence-electron chi connectivity index (χ2n) is 4.82. The van der Waals surface area contributed by atoms with Crippen LogP contribution in [0.2, 0.25) is 0 Å². The fraction of sp³-hybridized carbons (Fsp3) is 0.500. The van der Waals surface area contributed by atoms with E-state index in [0.29, 0.717) is 11.6 Å². The molecule has 1 aliphatic heterocycles. The first kappa shape index (κ1) is 11.9. The predicted molar refractivity (Wildman–Crippen MR) is 67.5 cm³/mol. The van der Waals surface area contributed by atoms with E-state index in [0.717, 1.165) is 31.8 Å². The molecule has 1 N–H and O–H groups in total. The molecule has 0 aromatic carbocycles. The Bertz CT molecular complexity index is 553. The number of aryl methyl sites for hydroxylation is 1. The van der Waals surface area contributed by atoms with Crippen molar-refractivity contribution in [2.24, 2.45) is 7.05 Å². The Morgan fingerprint density at radius 3 is 2.79 bits per heavy atom. The topological polar surface area (TPSA) is 79.7 Å². The van der Waals surface area contributed by atoms with Crippen molar-refractivity contribution in [3.63, 3.8) is 0 Å². The number of aromatic nitrogens is 5. The molecule has 3 heterocycles. The quantitative estimate of drug-likeness (QED) is 0.855. The second kappa shape index (κ2) is 4.83. The van der Waals surface area contributed by atoms with Gasteiger partial charge in [0.05, 0.1) is 6.20 Å². The van der Waals surface area contributed by atoms with Gasteiger partial charge in [0, 0.05) is 38.4 Å². The highest BCUT2D eigenvalue weighted by Crippen LogP contribution is 2.25. The summed E-state index contributed by atoms with van der Waals surface area (Å²) in [4.78, 5) is 21.5. The number of nitrogens with one attached hydrogen (secondary N) is 1. The average molecular weight is 260 g/mol. The van der Waals surface area contributed by atoms with Gasteiger partial charge in [-0.2, -0.15) is 0 Å². The summed E-state index contributed by atoms with van der Waals surface area (Å²) < 4.78 is 1.54. The first-order chi connectivity index (χ1) is 9.24. The van der Waals surface area contributed by atoms with Gasteiger partial charge in [-0.3, -0.25) is 9.48 Å². The number of aromatic amines is 1. The summed E-state index contributed by atoms with van der Waals surface area (Å²) in [5, 5.41) is 7.66. The molecule has 2 aromatic rings. The van der Waals surface area contributed by atoms with Gasteiger partial charge < -0.3 is 9.88 Å². The van der Waals surface area contributed by atoms with E-state index in [-0.39, 0.29) is 5.91 Å². The van der Waals surface area contributed by atoms with Crippen LogP contribution in [0.3, 0.4) is 0 Å². The van der Waals surface area contributed by atoms with Gasteiger partial charge in [0.25, 0.3) is 5.91 Å². The van der Waals surface area contributed by atoms with Crippen molar-refractivity contribution in [2.75, 3.05) is 13.1 Å². The highest BCUT2D eigenvalue weighted by molar-refractivity contribution is 5.91. The van der Waals surface area contributed by atoms with E-state index in [1.54, 1.807) is 24.1 Å². The van der Waals surface area contributed by atoms with Crippen molar-refractivity contribution >= 4 is 5.91 Å². The van der Waals surface area contributed by atoms with Crippen LogP contribution in [0, 0.1) is 0 Å². The molecule has 1 aliphatic rings. The lowest BCUT2D eigenvalue weighted by molar-refractivity contribution is 0.0705. The van der Waals surface area contributed by atoms with E-state index in [2.05, 4.69) is 20.3 Å². The Kier molecular flexibility index (Phi) is 3.02. The maximum Gasteiger partial charge on any atom is 0.276 e. The number of carbonyl (C=O) groups excluding carboxylic acids is 1. The molecular formula is C12H16N6O. The van der Waals surface area contributed by atoms with Crippen LogP contribution < -0.4 is 0 Å². The van der Waals surface area contributed by atoms with Gasteiger partial charge in [0.15, 0.2) is 5.69 Å². The first-order valence-corrected chi connectivity index (χ1v) is 6.39. The minimum atomic E-state index is -0.0361. The van der Waals surface area contributed by atoms with Crippen molar-refractivity contribution in [2.45, 2.75) is 18.8 Å². The van der Waals surface area contributed by atoms with Crippen molar-refractivity contribution in [3.05, 3.63) is 30.1 Å². The highest BCUT2D eigenvalue weighted by atomic mass is 16.2. The zero-order valence-electron chi connectivity index (χ0n) is 10.8. The van der Waals surface area contributed by atoms with Crippen LogP contribution in [0.5, 0.6) is 0 Å². The number of hydrogen-bond donors (Lipinski definition) is 1. The molecular weight excluding hydrogens is 244 g/mol. The van der Waals surface area contributed by atoms with Crippen molar-refractivity contribution in [1.82, 2.24) is 29.9 Å². The third kappa shape index (κ3) is 2.35. The van der Waals surface area contributed by atoms with E-state index in [4.69, 9.17) is 0 Å². The molecule has 0 bridgehead atoms. The second-order valence-corrected chi connectivity index (χ2v) is 4.82. The lowest BCUT2D eigenvalue weighted by Crippen LogP contribution is -2.38. The van der Waals surface area contributed by atoms with E-state index >= 15 is 0 Å². The Labute approximate surface area is 110 Å². The van der Waals surface area contributed by atoms with Crippen LogP contribution in [-0.4, -0.2) is 48.9 Å². The molecule has 7 heteroatoms. The van der Waals surface area contributed by atoms with Crippen LogP contribution in [-0.2, 0) is 7.05 Å². The Morgan fingerprint density at radius 1 is 1.42 bits per heavy atom. The first-order valence-electron chi connectivity index (χ1n) is 6.39. The van der Waals surface area contributed by atoms with Gasteiger partial charge in [0.1, 0.15) is 5.82 Å². The minimum Gasteiger partial charge on any atom is -0.348 e. The standard InChI is InChI=1S/C12H16N6O/c1-17-8-10(15-16-17)12(19)18-6-2-9(3-7-18)11-13-4-5-14-11/h4-5,8-9H,2-3,6-7H2,1H3,(H,13,14). The maximum absolute atomic E-state index is 12.2. The number of amides is 1. The molecule has 100 valence electrons. The molecule has 3 rings (SSSR count). The number of hydrogen-bond acceptors (Lipinski definition) is 4. The third-order valence-corrected chi connectivity index (χ3v) is 3.51. The summed E-state index contributed by atoms with van der Waals surface area (Å²) in [5.74, 6) is 1.40. The fourth-order valence-electron chi connectivity index (χ4n) is 2.46. The summed E-state index contributed by atoms with van der Waals surface area (Å²) in [6, 6.07) is 0. The van der Waals surface area contributed by atoms with E-state index in [1.807, 2.05) is 11.1 Å². The van der Waals surface area contributed by atoms with Gasteiger partial charge in [-0.25, -0.2) is 4.98 Å². The van der Waals surface area contributed by atoms with E-state index in [9.17, 15) is 4.79 Å². The average Bonchev–Trinajstić information content (AvgIpc) is 3.09. The lowest BCUT2D eigenvalue weighted by Gasteiger charge is -2.30. The lowest BCUT2D eigenvalue weighted by atomic mass is 9.96. The summed E-state index contributed by atoms with van der Waals surface area (Å²) in [5.41, 5.74) is 0.416. The predicted octanol–water partition coefficient (Wildman–Crippen LogP) is 0.558. The maximum atomic E-state index is 12.2. The van der Waals surface area contributed by atoms with Crippen molar-refractivity contribution in [1.29, 1.82) is 0 Å². The third-order valence-electron chi connectivity index (χ3n) is 3.51. The molecule has 2 aromatic heterocycles. The van der Waals surface area contributed by atoms with Gasteiger partial charge in [0.2, 0.25) is 0 Å². The molecule has 0 aliphatic carbocycles.